The lowest BCUT2D eigenvalue weighted by atomic mass is 10.2. The number of methoxy groups -OCH3 is 1. The van der Waals surface area contributed by atoms with Crippen molar-refractivity contribution in [3.8, 4) is 11.5 Å². The van der Waals surface area contributed by atoms with Gasteiger partial charge in [-0.3, -0.25) is 9.59 Å². The number of carbonyl (C=O) groups excluding carboxylic acids is 3. The molecule has 7 nitrogen and oxygen atoms in total. The number of amides is 2. The van der Waals surface area contributed by atoms with Gasteiger partial charge >= 0.3 is 5.97 Å². The quantitative estimate of drug-likeness (QED) is 0.258. The highest BCUT2D eigenvalue weighted by molar-refractivity contribution is 6.53. The van der Waals surface area contributed by atoms with E-state index in [0.717, 1.165) is 4.90 Å². The summed E-state index contributed by atoms with van der Waals surface area (Å²) in [6.45, 7) is 0. The van der Waals surface area contributed by atoms with Gasteiger partial charge in [-0.15, -0.1) is 0 Å². The maximum Gasteiger partial charge on any atom is 0.343 e. The first-order valence-corrected chi connectivity index (χ1v) is 10.9. The normalized spacial score (nSPS) is 13.4. The van der Waals surface area contributed by atoms with Gasteiger partial charge in [-0.1, -0.05) is 34.8 Å². The van der Waals surface area contributed by atoms with E-state index in [1.165, 1.54) is 30.3 Å². The average Bonchev–Trinajstić information content (AvgIpc) is 3.05. The van der Waals surface area contributed by atoms with Gasteiger partial charge in [0.1, 0.15) is 22.2 Å². The van der Waals surface area contributed by atoms with Crippen molar-refractivity contribution in [2.45, 2.75) is 0 Å². The van der Waals surface area contributed by atoms with Crippen molar-refractivity contribution in [2.75, 3.05) is 17.3 Å². The zero-order chi connectivity index (χ0) is 24.4. The number of benzene rings is 3. The average molecular weight is 518 g/mol. The van der Waals surface area contributed by atoms with Crippen molar-refractivity contribution in [3.63, 3.8) is 0 Å². The Balaban J connectivity index is 1.47. The number of hydrogen-bond acceptors (Lipinski definition) is 6. The standard InChI is InChI=1S/C24H15Cl3N2O5/c1-33-16-7-9-17(10-8-16)34-24(32)13-2-4-14(5-3-13)28-21-20(27)22(30)29(23(21)31)15-6-11-18(25)19(26)12-15/h2-12,28H,1H3. The van der Waals surface area contributed by atoms with Crippen LogP contribution in [0.4, 0.5) is 11.4 Å². The molecule has 0 saturated heterocycles. The minimum Gasteiger partial charge on any atom is -0.497 e. The predicted molar refractivity (Wildman–Crippen MR) is 130 cm³/mol. The van der Waals surface area contributed by atoms with E-state index in [1.807, 2.05) is 0 Å². The van der Waals surface area contributed by atoms with E-state index in [0.29, 0.717) is 17.2 Å². The third-order valence-electron chi connectivity index (χ3n) is 4.85. The van der Waals surface area contributed by atoms with Gasteiger partial charge in [-0.25, -0.2) is 9.69 Å². The van der Waals surface area contributed by atoms with Crippen LogP contribution in [0, 0.1) is 0 Å². The van der Waals surface area contributed by atoms with E-state index in [-0.39, 0.29) is 32.0 Å². The van der Waals surface area contributed by atoms with Crippen LogP contribution >= 0.6 is 34.8 Å². The molecule has 1 aliphatic rings. The molecule has 4 rings (SSSR count). The molecule has 1 aliphatic heterocycles. The van der Waals surface area contributed by atoms with E-state index >= 15 is 0 Å². The van der Waals surface area contributed by atoms with Crippen LogP contribution in [0.15, 0.2) is 77.5 Å². The molecule has 10 heteroatoms. The second-order valence-electron chi connectivity index (χ2n) is 7.00. The van der Waals surface area contributed by atoms with E-state index in [2.05, 4.69) is 5.32 Å². The van der Waals surface area contributed by atoms with Crippen molar-refractivity contribution in [2.24, 2.45) is 0 Å². The van der Waals surface area contributed by atoms with Gasteiger partial charge in [-0.2, -0.15) is 0 Å². The Morgan fingerprint density at radius 1 is 0.824 bits per heavy atom. The zero-order valence-corrected chi connectivity index (χ0v) is 19.7. The van der Waals surface area contributed by atoms with Gasteiger partial charge in [0.2, 0.25) is 0 Å². The summed E-state index contributed by atoms with van der Waals surface area (Å²) in [7, 11) is 1.54. The molecule has 1 N–H and O–H groups in total. The molecule has 0 aliphatic carbocycles. The van der Waals surface area contributed by atoms with Gasteiger partial charge in [0.25, 0.3) is 11.8 Å². The molecule has 34 heavy (non-hydrogen) atoms. The van der Waals surface area contributed by atoms with Crippen molar-refractivity contribution < 1.29 is 23.9 Å². The minimum atomic E-state index is -0.702. The first-order valence-electron chi connectivity index (χ1n) is 9.75. The fraction of sp³-hybridized carbons (Fsp3) is 0.0417. The summed E-state index contributed by atoms with van der Waals surface area (Å²) in [5.74, 6) is -0.918. The van der Waals surface area contributed by atoms with Gasteiger partial charge in [0.15, 0.2) is 0 Å². The van der Waals surface area contributed by atoms with Crippen molar-refractivity contribution in [3.05, 3.63) is 93.1 Å². The van der Waals surface area contributed by atoms with Crippen molar-refractivity contribution in [1.29, 1.82) is 0 Å². The summed E-state index contributed by atoms with van der Waals surface area (Å²) < 4.78 is 10.4. The van der Waals surface area contributed by atoms with E-state index in [9.17, 15) is 14.4 Å². The van der Waals surface area contributed by atoms with Crippen LogP contribution in [0.1, 0.15) is 10.4 Å². The van der Waals surface area contributed by atoms with Gasteiger partial charge in [-0.05, 0) is 66.7 Å². The molecule has 0 saturated carbocycles. The summed E-state index contributed by atoms with van der Waals surface area (Å²) in [6, 6.07) is 17.1. The Bertz CT molecular complexity index is 1320. The number of nitrogens with one attached hydrogen (secondary N) is 1. The first-order chi connectivity index (χ1) is 16.3. The fourth-order valence-corrected chi connectivity index (χ4v) is 3.62. The molecule has 1 heterocycles. The number of ether oxygens (including phenoxy) is 2. The zero-order valence-electron chi connectivity index (χ0n) is 17.5. The Kier molecular flexibility index (Phi) is 6.79. The van der Waals surface area contributed by atoms with Crippen LogP contribution in [0.5, 0.6) is 11.5 Å². The molecule has 0 radical (unpaired) electrons. The predicted octanol–water partition coefficient (Wildman–Crippen LogP) is 5.66. The summed E-state index contributed by atoms with van der Waals surface area (Å²) in [6.07, 6.45) is 0. The molecule has 0 atom stereocenters. The Morgan fingerprint density at radius 2 is 1.47 bits per heavy atom. The molecule has 0 unspecified atom stereocenters. The largest absolute Gasteiger partial charge is 0.497 e. The Morgan fingerprint density at radius 3 is 2.09 bits per heavy atom. The summed E-state index contributed by atoms with van der Waals surface area (Å²) in [4.78, 5) is 38.8. The summed E-state index contributed by atoms with van der Waals surface area (Å²) in [5.41, 5.74) is 0.848. The number of halogens is 3. The lowest BCUT2D eigenvalue weighted by molar-refractivity contribution is -0.120. The van der Waals surface area contributed by atoms with Crippen LogP contribution in [-0.2, 0) is 9.59 Å². The molecule has 3 aromatic rings. The van der Waals surface area contributed by atoms with Crippen LogP contribution in [0.3, 0.4) is 0 Å². The number of carbonyl (C=O) groups is 3. The molecule has 172 valence electrons. The lowest BCUT2D eigenvalue weighted by Crippen LogP contribution is -2.32. The highest BCUT2D eigenvalue weighted by atomic mass is 35.5. The smallest absolute Gasteiger partial charge is 0.343 e. The lowest BCUT2D eigenvalue weighted by Gasteiger charge is -2.15. The Labute approximate surface area is 209 Å². The molecule has 2 amide bonds. The Hall–Kier alpha value is -3.52. The molecular formula is C24H15Cl3N2O5. The molecular weight excluding hydrogens is 503 g/mol. The van der Waals surface area contributed by atoms with Gasteiger partial charge < -0.3 is 14.8 Å². The van der Waals surface area contributed by atoms with E-state index < -0.39 is 17.8 Å². The highest BCUT2D eigenvalue weighted by Gasteiger charge is 2.39. The fourth-order valence-electron chi connectivity index (χ4n) is 3.11. The first kappa shape index (κ1) is 23.6. The van der Waals surface area contributed by atoms with Crippen LogP contribution in [0.25, 0.3) is 0 Å². The maximum absolute atomic E-state index is 12.9. The third-order valence-corrected chi connectivity index (χ3v) is 5.94. The van der Waals surface area contributed by atoms with E-state index in [1.54, 1.807) is 43.5 Å². The summed E-state index contributed by atoms with van der Waals surface area (Å²) in [5, 5.41) is 3.03. The topological polar surface area (TPSA) is 84.9 Å². The van der Waals surface area contributed by atoms with Crippen LogP contribution in [0.2, 0.25) is 10.0 Å². The van der Waals surface area contributed by atoms with Crippen LogP contribution in [-0.4, -0.2) is 24.9 Å². The molecule has 0 bridgehead atoms. The number of esters is 1. The number of imide groups is 1. The number of anilines is 2. The van der Waals surface area contributed by atoms with Crippen molar-refractivity contribution in [1.82, 2.24) is 0 Å². The second-order valence-corrected chi connectivity index (χ2v) is 8.19. The van der Waals surface area contributed by atoms with Gasteiger partial charge in [0, 0.05) is 5.69 Å². The SMILES string of the molecule is COc1ccc(OC(=O)c2ccc(NC3=C(Cl)C(=O)N(c4ccc(Cl)c(Cl)c4)C3=O)cc2)cc1. The molecule has 0 spiro atoms. The number of rotatable bonds is 6. The number of nitrogens with zero attached hydrogens (tertiary/aromatic N) is 1. The van der Waals surface area contributed by atoms with Crippen LogP contribution < -0.4 is 19.7 Å². The third kappa shape index (κ3) is 4.72. The maximum atomic E-state index is 12.9. The molecule has 3 aromatic carbocycles. The number of hydrogen-bond donors (Lipinski definition) is 1. The van der Waals surface area contributed by atoms with Crippen molar-refractivity contribution >= 4 is 64.0 Å². The summed E-state index contributed by atoms with van der Waals surface area (Å²) >= 11 is 18.1. The molecule has 0 aromatic heterocycles. The monoisotopic (exact) mass is 516 g/mol. The van der Waals surface area contributed by atoms with E-state index in [4.69, 9.17) is 44.3 Å². The van der Waals surface area contributed by atoms with Gasteiger partial charge in [0.05, 0.1) is 28.4 Å². The second kappa shape index (κ2) is 9.77. The highest BCUT2D eigenvalue weighted by Crippen LogP contribution is 2.33. The minimum absolute atomic E-state index is 0.105. The molecule has 0 fully saturated rings.